The summed E-state index contributed by atoms with van der Waals surface area (Å²) in [5, 5.41) is 4.22. The van der Waals surface area contributed by atoms with E-state index in [9.17, 15) is 0 Å². The van der Waals surface area contributed by atoms with Gasteiger partial charge in [0.2, 0.25) is 0 Å². The quantitative estimate of drug-likeness (QED) is 0.815. The van der Waals surface area contributed by atoms with Crippen molar-refractivity contribution in [2.24, 2.45) is 0 Å². The molecule has 3 heteroatoms. The van der Waals surface area contributed by atoms with Crippen LogP contribution in [-0.2, 0) is 0 Å². The van der Waals surface area contributed by atoms with Crippen LogP contribution < -0.4 is 10.1 Å². The molecule has 20 heavy (non-hydrogen) atoms. The van der Waals surface area contributed by atoms with Gasteiger partial charge in [-0.1, -0.05) is 41.9 Å². The number of ether oxygens (including phenoxy) is 1. The third kappa shape index (κ3) is 3.26. The van der Waals surface area contributed by atoms with Crippen LogP contribution in [0.5, 0.6) is 5.75 Å². The molecule has 0 aliphatic carbocycles. The zero-order valence-corrected chi connectivity index (χ0v) is 12.9. The maximum atomic E-state index is 6.27. The fourth-order valence-corrected chi connectivity index (χ4v) is 2.51. The fraction of sp³-hybridized carbons (Fsp3) is 0.294. The fourth-order valence-electron chi connectivity index (χ4n) is 2.23. The average molecular weight is 290 g/mol. The van der Waals surface area contributed by atoms with Gasteiger partial charge in [0.25, 0.3) is 0 Å². The number of rotatable bonds is 5. The number of halogens is 1. The maximum absolute atomic E-state index is 6.27. The van der Waals surface area contributed by atoms with Gasteiger partial charge in [0, 0.05) is 5.56 Å². The highest BCUT2D eigenvalue weighted by Gasteiger charge is 2.13. The van der Waals surface area contributed by atoms with E-state index in [1.807, 2.05) is 37.3 Å². The number of benzene rings is 2. The minimum absolute atomic E-state index is 0.122. The number of hydrogen-bond donors (Lipinski definition) is 1. The summed E-state index contributed by atoms with van der Waals surface area (Å²) in [5.41, 5.74) is 3.25. The number of anilines is 1. The predicted molar refractivity (Wildman–Crippen MR) is 85.8 cm³/mol. The van der Waals surface area contributed by atoms with Crippen LogP contribution >= 0.6 is 11.6 Å². The van der Waals surface area contributed by atoms with Crippen molar-refractivity contribution in [3.63, 3.8) is 0 Å². The molecular formula is C17H20ClNO. The van der Waals surface area contributed by atoms with E-state index in [-0.39, 0.29) is 6.04 Å². The first-order valence-electron chi connectivity index (χ1n) is 6.86. The molecule has 1 N–H and O–H groups in total. The Hall–Kier alpha value is -1.67. The van der Waals surface area contributed by atoms with Gasteiger partial charge < -0.3 is 10.1 Å². The standard InChI is InChI=1S/C17H20ClNO/c1-4-20-16-11-6-5-9-14(16)13(3)19-17-12(2)8-7-10-15(17)18/h5-11,13,19H,4H2,1-3H3. The van der Waals surface area contributed by atoms with Gasteiger partial charge in [-0.2, -0.15) is 0 Å². The first-order valence-corrected chi connectivity index (χ1v) is 7.24. The van der Waals surface area contributed by atoms with Crippen molar-refractivity contribution < 1.29 is 4.74 Å². The van der Waals surface area contributed by atoms with Gasteiger partial charge in [0.1, 0.15) is 5.75 Å². The molecule has 2 aromatic carbocycles. The highest BCUT2D eigenvalue weighted by molar-refractivity contribution is 6.33. The van der Waals surface area contributed by atoms with Crippen LogP contribution in [0.4, 0.5) is 5.69 Å². The topological polar surface area (TPSA) is 21.3 Å². The third-order valence-corrected chi connectivity index (χ3v) is 3.58. The molecule has 0 saturated heterocycles. The zero-order chi connectivity index (χ0) is 14.5. The van der Waals surface area contributed by atoms with Gasteiger partial charge in [-0.3, -0.25) is 0 Å². The van der Waals surface area contributed by atoms with Gasteiger partial charge in [-0.05, 0) is 38.5 Å². The molecule has 2 rings (SSSR count). The Bertz CT molecular complexity index is 563. The van der Waals surface area contributed by atoms with Crippen LogP contribution in [0.2, 0.25) is 5.02 Å². The van der Waals surface area contributed by atoms with Gasteiger partial charge in [0.05, 0.1) is 23.4 Å². The van der Waals surface area contributed by atoms with Crippen LogP contribution in [0.15, 0.2) is 42.5 Å². The lowest BCUT2D eigenvalue weighted by atomic mass is 10.1. The van der Waals surface area contributed by atoms with Gasteiger partial charge in [-0.25, -0.2) is 0 Å². The van der Waals surface area contributed by atoms with E-state index in [0.717, 1.165) is 27.6 Å². The molecule has 0 saturated carbocycles. The van der Waals surface area contributed by atoms with Crippen molar-refractivity contribution in [3.8, 4) is 5.75 Å². The van der Waals surface area contributed by atoms with Crippen LogP contribution in [0.25, 0.3) is 0 Å². The number of nitrogens with one attached hydrogen (secondary N) is 1. The molecule has 0 amide bonds. The molecule has 2 aromatic rings. The second-order valence-corrected chi connectivity index (χ2v) is 5.18. The molecule has 0 spiro atoms. The summed E-state index contributed by atoms with van der Waals surface area (Å²) >= 11 is 6.27. The smallest absolute Gasteiger partial charge is 0.124 e. The molecule has 0 aromatic heterocycles. The lowest BCUT2D eigenvalue weighted by molar-refractivity contribution is 0.335. The molecule has 2 nitrogen and oxygen atoms in total. The molecule has 0 heterocycles. The van der Waals surface area contributed by atoms with Crippen LogP contribution in [0, 0.1) is 6.92 Å². The molecular weight excluding hydrogens is 270 g/mol. The Morgan fingerprint density at radius 1 is 1.15 bits per heavy atom. The highest BCUT2D eigenvalue weighted by atomic mass is 35.5. The summed E-state index contributed by atoms with van der Waals surface area (Å²) in [4.78, 5) is 0. The summed E-state index contributed by atoms with van der Waals surface area (Å²) in [6, 6.07) is 14.1. The second-order valence-electron chi connectivity index (χ2n) is 4.77. The Balaban J connectivity index is 2.26. The lowest BCUT2D eigenvalue weighted by Crippen LogP contribution is -2.10. The second kappa shape index (κ2) is 6.67. The van der Waals surface area contributed by atoms with E-state index in [2.05, 4.69) is 31.3 Å². The van der Waals surface area contributed by atoms with E-state index in [0.29, 0.717) is 6.61 Å². The van der Waals surface area contributed by atoms with Crippen molar-refractivity contribution >= 4 is 17.3 Å². The minimum Gasteiger partial charge on any atom is -0.494 e. The van der Waals surface area contributed by atoms with Crippen molar-refractivity contribution in [2.45, 2.75) is 26.8 Å². The summed E-state index contributed by atoms with van der Waals surface area (Å²) in [6.45, 7) is 6.82. The Morgan fingerprint density at radius 3 is 2.60 bits per heavy atom. The van der Waals surface area contributed by atoms with E-state index >= 15 is 0 Å². The Morgan fingerprint density at radius 2 is 1.90 bits per heavy atom. The number of hydrogen-bond acceptors (Lipinski definition) is 2. The summed E-state index contributed by atoms with van der Waals surface area (Å²) < 4.78 is 5.68. The van der Waals surface area contributed by atoms with Crippen LogP contribution in [0.3, 0.4) is 0 Å². The predicted octanol–water partition coefficient (Wildman–Crippen LogP) is 5.22. The highest BCUT2D eigenvalue weighted by Crippen LogP contribution is 2.32. The SMILES string of the molecule is CCOc1ccccc1C(C)Nc1c(C)cccc1Cl. The van der Waals surface area contributed by atoms with E-state index in [4.69, 9.17) is 16.3 Å². The van der Waals surface area contributed by atoms with Gasteiger partial charge in [0.15, 0.2) is 0 Å². The Kier molecular flexibility index (Phi) is 4.91. The average Bonchev–Trinajstić information content (AvgIpc) is 2.44. The monoisotopic (exact) mass is 289 g/mol. The molecule has 1 unspecified atom stereocenters. The number of para-hydroxylation sites is 2. The van der Waals surface area contributed by atoms with Crippen molar-refractivity contribution in [1.82, 2.24) is 0 Å². The van der Waals surface area contributed by atoms with Crippen LogP contribution in [0.1, 0.15) is 31.0 Å². The van der Waals surface area contributed by atoms with E-state index < -0.39 is 0 Å². The lowest BCUT2D eigenvalue weighted by Gasteiger charge is -2.21. The first-order chi connectivity index (χ1) is 9.63. The first kappa shape index (κ1) is 14.7. The molecule has 0 aliphatic heterocycles. The largest absolute Gasteiger partial charge is 0.494 e. The Labute approximate surface area is 125 Å². The molecule has 0 aliphatic rings. The van der Waals surface area contributed by atoms with Crippen molar-refractivity contribution in [3.05, 3.63) is 58.6 Å². The molecule has 0 bridgehead atoms. The van der Waals surface area contributed by atoms with Gasteiger partial charge in [-0.15, -0.1) is 0 Å². The van der Waals surface area contributed by atoms with E-state index in [1.165, 1.54) is 0 Å². The maximum Gasteiger partial charge on any atom is 0.124 e. The number of aryl methyl sites for hydroxylation is 1. The van der Waals surface area contributed by atoms with Crippen molar-refractivity contribution in [1.29, 1.82) is 0 Å². The minimum atomic E-state index is 0.122. The zero-order valence-electron chi connectivity index (χ0n) is 12.1. The summed E-state index contributed by atoms with van der Waals surface area (Å²) in [7, 11) is 0. The van der Waals surface area contributed by atoms with E-state index in [1.54, 1.807) is 0 Å². The van der Waals surface area contributed by atoms with Crippen LogP contribution in [-0.4, -0.2) is 6.61 Å². The molecule has 106 valence electrons. The normalized spacial score (nSPS) is 12.0. The molecule has 0 fully saturated rings. The molecule has 1 atom stereocenters. The van der Waals surface area contributed by atoms with Gasteiger partial charge >= 0.3 is 0 Å². The molecule has 0 radical (unpaired) electrons. The third-order valence-electron chi connectivity index (χ3n) is 3.27. The summed E-state index contributed by atoms with van der Waals surface area (Å²) in [5.74, 6) is 0.916. The van der Waals surface area contributed by atoms with Crippen molar-refractivity contribution in [2.75, 3.05) is 11.9 Å². The summed E-state index contributed by atoms with van der Waals surface area (Å²) in [6.07, 6.45) is 0.